The monoisotopic (exact) mass is 527 g/mol. The Hall–Kier alpha value is -3.36. The van der Waals surface area contributed by atoms with E-state index in [0.29, 0.717) is 25.4 Å². The lowest BCUT2D eigenvalue weighted by Crippen LogP contribution is -2.41. The minimum atomic E-state index is -1.92. The summed E-state index contributed by atoms with van der Waals surface area (Å²) >= 11 is 0. The molecular formula is C30H37N5O2Si. The molecule has 0 atom stereocenters. The van der Waals surface area contributed by atoms with Crippen LogP contribution in [0.25, 0.3) is 22.3 Å². The molecule has 0 saturated carbocycles. The molecule has 3 aromatic heterocycles. The summed E-state index contributed by atoms with van der Waals surface area (Å²) in [6, 6.07) is 14.2. The number of carbonyl (C=O) groups excluding carboxylic acids is 1. The largest absolute Gasteiger partial charge is 0.411 e. The summed E-state index contributed by atoms with van der Waals surface area (Å²) in [5, 5.41) is 4.89. The van der Waals surface area contributed by atoms with Gasteiger partial charge in [0, 0.05) is 29.1 Å². The van der Waals surface area contributed by atoms with Crippen molar-refractivity contribution in [1.82, 2.24) is 19.7 Å². The average molecular weight is 528 g/mol. The van der Waals surface area contributed by atoms with Gasteiger partial charge in [-0.15, -0.1) is 0 Å². The Morgan fingerprint density at radius 1 is 0.947 bits per heavy atom. The van der Waals surface area contributed by atoms with Crippen molar-refractivity contribution in [3.63, 3.8) is 0 Å². The number of fused-ring (bicyclic) bond motifs is 2. The second-order valence-corrected chi connectivity index (χ2v) is 16.6. The minimum absolute atomic E-state index is 0.0130. The van der Waals surface area contributed by atoms with E-state index < -0.39 is 8.32 Å². The van der Waals surface area contributed by atoms with Crippen molar-refractivity contribution in [3.05, 3.63) is 70.7 Å². The quantitative estimate of drug-likeness (QED) is 0.273. The van der Waals surface area contributed by atoms with E-state index in [1.807, 2.05) is 59.8 Å². The number of rotatable bonds is 5. The highest BCUT2D eigenvalue weighted by molar-refractivity contribution is 6.74. The molecular weight excluding hydrogens is 490 g/mol. The van der Waals surface area contributed by atoms with Gasteiger partial charge >= 0.3 is 0 Å². The molecule has 0 N–H and O–H groups in total. The highest BCUT2D eigenvalue weighted by Crippen LogP contribution is 2.37. The Morgan fingerprint density at radius 2 is 1.66 bits per heavy atom. The first-order valence-corrected chi connectivity index (χ1v) is 16.1. The molecule has 38 heavy (non-hydrogen) atoms. The maximum atomic E-state index is 13.7. The third-order valence-corrected chi connectivity index (χ3v) is 12.6. The van der Waals surface area contributed by atoms with Crippen LogP contribution < -0.4 is 4.90 Å². The van der Waals surface area contributed by atoms with Gasteiger partial charge in [-0.25, -0.2) is 4.98 Å². The molecule has 8 heteroatoms. The maximum absolute atomic E-state index is 13.7. The predicted octanol–water partition coefficient (Wildman–Crippen LogP) is 6.60. The first-order chi connectivity index (χ1) is 17.9. The summed E-state index contributed by atoms with van der Waals surface area (Å²) < 4.78 is 8.28. The molecule has 1 aliphatic rings. The third-order valence-electron chi connectivity index (χ3n) is 8.11. The van der Waals surface area contributed by atoms with E-state index in [1.165, 1.54) is 0 Å². The van der Waals surface area contributed by atoms with Crippen LogP contribution >= 0.6 is 0 Å². The second kappa shape index (κ2) is 9.43. The highest BCUT2D eigenvalue weighted by Gasteiger charge is 2.38. The lowest BCUT2D eigenvalue weighted by Gasteiger charge is -2.35. The number of amides is 1. The van der Waals surface area contributed by atoms with Gasteiger partial charge in [0.05, 0.1) is 35.6 Å². The number of hydrogen-bond acceptors (Lipinski definition) is 5. The molecule has 4 aromatic rings. The van der Waals surface area contributed by atoms with E-state index in [1.54, 1.807) is 0 Å². The van der Waals surface area contributed by atoms with Gasteiger partial charge < -0.3 is 9.33 Å². The van der Waals surface area contributed by atoms with E-state index in [2.05, 4.69) is 51.8 Å². The van der Waals surface area contributed by atoms with Crippen LogP contribution in [0.2, 0.25) is 18.1 Å². The Kier molecular flexibility index (Phi) is 6.52. The third kappa shape index (κ3) is 4.67. The molecule has 198 valence electrons. The topological polar surface area (TPSA) is 73.1 Å². The first-order valence-electron chi connectivity index (χ1n) is 13.2. The smallest absolute Gasteiger partial charge is 0.276 e. The Morgan fingerprint density at radius 3 is 2.37 bits per heavy atom. The molecule has 1 aromatic carbocycles. The number of carbonyl (C=O) groups is 1. The summed E-state index contributed by atoms with van der Waals surface area (Å²) in [4.78, 5) is 25.0. The molecule has 0 spiro atoms. The van der Waals surface area contributed by atoms with Crippen LogP contribution in [0.4, 0.5) is 5.69 Å². The average Bonchev–Trinajstić information content (AvgIpc) is 3.18. The van der Waals surface area contributed by atoms with E-state index in [0.717, 1.165) is 50.5 Å². The minimum Gasteiger partial charge on any atom is -0.411 e. The van der Waals surface area contributed by atoms with E-state index in [4.69, 9.17) is 14.5 Å². The van der Waals surface area contributed by atoms with Gasteiger partial charge in [0.25, 0.3) is 5.91 Å². The zero-order chi connectivity index (χ0) is 27.4. The number of aryl methyl sites for hydroxylation is 2. The molecule has 0 aliphatic carbocycles. The number of pyridine rings is 2. The normalized spacial score (nSPS) is 14.3. The van der Waals surface area contributed by atoms with Gasteiger partial charge in [-0.3, -0.25) is 14.5 Å². The molecule has 1 amide bonds. The van der Waals surface area contributed by atoms with Crippen molar-refractivity contribution in [2.45, 2.75) is 72.8 Å². The Bertz CT molecular complexity index is 1550. The van der Waals surface area contributed by atoms with Crippen LogP contribution in [-0.2, 0) is 17.6 Å². The summed E-state index contributed by atoms with van der Waals surface area (Å²) in [7, 11) is -1.92. The number of benzene rings is 1. The first kappa shape index (κ1) is 26.3. The number of nitrogens with zero attached hydrogens (tertiary/aromatic N) is 5. The fourth-order valence-corrected chi connectivity index (χ4v) is 5.61. The lowest BCUT2D eigenvalue weighted by molar-refractivity contribution is 0.0961. The fourth-order valence-electron chi connectivity index (χ4n) is 4.68. The van der Waals surface area contributed by atoms with Gasteiger partial charge in [-0.1, -0.05) is 26.8 Å². The summed E-state index contributed by atoms with van der Waals surface area (Å²) in [5.41, 5.74) is 9.04. The van der Waals surface area contributed by atoms with Crippen molar-refractivity contribution in [1.29, 1.82) is 0 Å². The lowest BCUT2D eigenvalue weighted by atomic mass is 10.0. The van der Waals surface area contributed by atoms with Crippen molar-refractivity contribution in [3.8, 4) is 11.3 Å². The Balaban J connectivity index is 1.39. The van der Waals surface area contributed by atoms with Gasteiger partial charge in [0.1, 0.15) is 5.69 Å². The van der Waals surface area contributed by atoms with Gasteiger partial charge in [-0.05, 0) is 80.9 Å². The van der Waals surface area contributed by atoms with Crippen molar-refractivity contribution in [2.75, 3.05) is 11.4 Å². The molecule has 7 nitrogen and oxygen atoms in total. The van der Waals surface area contributed by atoms with Crippen LogP contribution in [0.5, 0.6) is 0 Å². The van der Waals surface area contributed by atoms with Gasteiger partial charge in [-0.2, -0.15) is 5.10 Å². The molecule has 0 saturated heterocycles. The predicted molar refractivity (Wildman–Crippen MR) is 155 cm³/mol. The molecule has 1 aliphatic heterocycles. The van der Waals surface area contributed by atoms with Gasteiger partial charge in [0.2, 0.25) is 0 Å². The van der Waals surface area contributed by atoms with E-state index in [-0.39, 0.29) is 10.9 Å². The second-order valence-electron chi connectivity index (χ2n) is 11.8. The zero-order valence-corrected chi connectivity index (χ0v) is 24.7. The van der Waals surface area contributed by atoms with Crippen LogP contribution in [0.1, 0.15) is 53.8 Å². The molecule has 0 radical (unpaired) electrons. The van der Waals surface area contributed by atoms with Crippen molar-refractivity contribution >= 4 is 30.9 Å². The van der Waals surface area contributed by atoms with Crippen LogP contribution in [0.15, 0.2) is 42.5 Å². The van der Waals surface area contributed by atoms with Crippen LogP contribution in [0.3, 0.4) is 0 Å². The number of hydrogen-bond donors (Lipinski definition) is 0. The van der Waals surface area contributed by atoms with Crippen molar-refractivity contribution in [2.24, 2.45) is 0 Å². The Labute approximate surface area is 226 Å². The molecule has 0 unspecified atom stereocenters. The molecule has 4 heterocycles. The fraction of sp³-hybridized carbons (Fsp3) is 0.400. The van der Waals surface area contributed by atoms with Gasteiger partial charge in [0.15, 0.2) is 8.32 Å². The SMILES string of the molecule is Cc1ccc2nc(-c3ccc(N4CCn5nc(CO[Si](C)(C)C(C)(C)C)c(C)c5C4=O)c(C)c3)ccc2n1. The van der Waals surface area contributed by atoms with Crippen molar-refractivity contribution < 1.29 is 9.22 Å². The number of aromatic nitrogens is 4. The molecule has 0 bridgehead atoms. The standard InChI is InChI=1S/C30H37N5O2Si/c1-19-17-22(23-12-13-24-25(32-23)11-9-20(2)31-24)10-14-27(19)34-15-16-35-28(29(34)36)21(3)26(33-35)18-37-38(7,8)30(4,5)6/h9-14,17H,15-16,18H2,1-8H3. The van der Waals surface area contributed by atoms with Crippen LogP contribution in [-0.4, -0.2) is 40.5 Å². The maximum Gasteiger partial charge on any atom is 0.276 e. The summed E-state index contributed by atoms with van der Waals surface area (Å²) in [6.45, 7) is 18.9. The van der Waals surface area contributed by atoms with E-state index in [9.17, 15) is 4.79 Å². The van der Waals surface area contributed by atoms with E-state index >= 15 is 0 Å². The zero-order valence-electron chi connectivity index (χ0n) is 23.7. The van der Waals surface area contributed by atoms with Crippen LogP contribution in [0, 0.1) is 20.8 Å². The number of anilines is 1. The molecule has 5 rings (SSSR count). The summed E-state index contributed by atoms with van der Waals surface area (Å²) in [6.07, 6.45) is 0. The summed E-state index contributed by atoms with van der Waals surface area (Å²) in [5.74, 6) is -0.0130. The highest BCUT2D eigenvalue weighted by atomic mass is 28.4. The molecule has 0 fully saturated rings.